The van der Waals surface area contributed by atoms with E-state index in [1.54, 1.807) is 7.05 Å². The number of likely N-dealkylation sites (tertiary alicyclic amines) is 1. The molecule has 37 heavy (non-hydrogen) atoms. The number of esters is 1. The Morgan fingerprint density at radius 3 is 2.57 bits per heavy atom. The lowest BCUT2D eigenvalue weighted by Gasteiger charge is -2.37. The summed E-state index contributed by atoms with van der Waals surface area (Å²) in [6.45, 7) is 6.36. The number of fused-ring (bicyclic) bond motifs is 1. The minimum absolute atomic E-state index is 0.0359. The van der Waals surface area contributed by atoms with Crippen LogP contribution in [0.3, 0.4) is 0 Å². The third-order valence-corrected chi connectivity index (χ3v) is 7.37. The lowest BCUT2D eigenvalue weighted by atomic mass is 10.1. The second-order valence-electron chi connectivity index (χ2n) is 10.1. The maximum atomic E-state index is 13.1. The second kappa shape index (κ2) is 11.0. The van der Waals surface area contributed by atoms with Gasteiger partial charge in [-0.2, -0.15) is 4.98 Å². The fourth-order valence-corrected chi connectivity index (χ4v) is 5.38. The Morgan fingerprint density at radius 2 is 1.89 bits per heavy atom. The molecular weight excluding hydrogens is 478 g/mol. The van der Waals surface area contributed by atoms with Crippen LogP contribution in [0.15, 0.2) is 21.2 Å². The van der Waals surface area contributed by atoms with Crippen LogP contribution in [-0.4, -0.2) is 80.8 Å². The molecule has 2 aliphatic heterocycles. The third-order valence-electron chi connectivity index (χ3n) is 7.37. The van der Waals surface area contributed by atoms with Crippen molar-refractivity contribution < 1.29 is 14.3 Å². The predicted molar refractivity (Wildman–Crippen MR) is 140 cm³/mol. The van der Waals surface area contributed by atoms with Crippen molar-refractivity contribution in [3.05, 3.63) is 32.5 Å². The number of anilines is 1. The van der Waals surface area contributed by atoms with Crippen LogP contribution in [0.25, 0.3) is 11.2 Å². The highest BCUT2D eigenvalue weighted by Crippen LogP contribution is 2.25. The summed E-state index contributed by atoms with van der Waals surface area (Å²) in [4.78, 5) is 58.7. The maximum absolute atomic E-state index is 13.1. The van der Waals surface area contributed by atoms with Gasteiger partial charge in [0, 0.05) is 46.3 Å². The van der Waals surface area contributed by atoms with E-state index >= 15 is 0 Å². The molecule has 2 aromatic rings. The van der Waals surface area contributed by atoms with Gasteiger partial charge in [-0.1, -0.05) is 11.6 Å². The average Bonchev–Trinajstić information content (AvgIpc) is 3.53. The van der Waals surface area contributed by atoms with Crippen LogP contribution in [0.1, 0.15) is 39.5 Å². The van der Waals surface area contributed by atoms with Crippen LogP contribution in [0, 0.1) is 0 Å². The van der Waals surface area contributed by atoms with Crippen molar-refractivity contribution in [2.24, 2.45) is 14.1 Å². The van der Waals surface area contributed by atoms with Gasteiger partial charge in [0.25, 0.3) is 5.56 Å². The number of rotatable bonds is 8. The predicted octanol–water partition coefficient (Wildman–Crippen LogP) is 0.121. The lowest BCUT2D eigenvalue weighted by Crippen LogP contribution is -2.57. The number of hydrogen-bond acceptors (Lipinski definition) is 9. The second-order valence-corrected chi connectivity index (χ2v) is 10.1. The normalized spacial score (nSPS) is 21.3. The van der Waals surface area contributed by atoms with Gasteiger partial charge in [-0.3, -0.25) is 28.9 Å². The van der Waals surface area contributed by atoms with E-state index in [2.05, 4.69) is 10.2 Å². The van der Waals surface area contributed by atoms with Crippen molar-refractivity contribution in [3.8, 4) is 0 Å². The molecule has 2 saturated heterocycles. The van der Waals surface area contributed by atoms with E-state index < -0.39 is 17.9 Å². The van der Waals surface area contributed by atoms with Crippen molar-refractivity contribution in [1.82, 2.24) is 28.9 Å². The monoisotopic (exact) mass is 515 g/mol. The molecule has 0 aromatic carbocycles. The Kier molecular flexibility index (Phi) is 7.98. The molecular formula is C25H37N7O5. The topological polar surface area (TPSA) is 124 Å². The number of piperidine rings is 1. The molecule has 4 heterocycles. The summed E-state index contributed by atoms with van der Waals surface area (Å²) in [6, 6.07) is -0.468. The van der Waals surface area contributed by atoms with Crippen LogP contribution >= 0.6 is 0 Å². The van der Waals surface area contributed by atoms with E-state index in [4.69, 9.17) is 9.72 Å². The molecule has 202 valence electrons. The molecule has 0 bridgehead atoms. The van der Waals surface area contributed by atoms with Gasteiger partial charge in [0.2, 0.25) is 5.95 Å². The first-order valence-electron chi connectivity index (χ1n) is 12.8. The molecule has 0 radical (unpaired) electrons. The van der Waals surface area contributed by atoms with Gasteiger partial charge in [0.1, 0.15) is 12.2 Å². The Balaban J connectivity index is 1.65. The zero-order valence-electron chi connectivity index (χ0n) is 22.3. The molecule has 0 aliphatic carbocycles. The summed E-state index contributed by atoms with van der Waals surface area (Å²) in [5.41, 5.74) is 1.04. The SMILES string of the molecule is COC(=O)C1CCCN1C(C=O)NC1CCCN(c2nc3c(c(=O)n(C)c(=O)n3C)n2CC=C(C)C)C1. The number of nitrogens with zero attached hydrogens (tertiary/aromatic N) is 6. The number of hydrogen-bond donors (Lipinski definition) is 1. The molecule has 3 atom stereocenters. The molecule has 1 N–H and O–H groups in total. The summed E-state index contributed by atoms with van der Waals surface area (Å²) in [5, 5.41) is 3.44. The molecule has 12 heteroatoms. The van der Waals surface area contributed by atoms with Gasteiger partial charge >= 0.3 is 11.7 Å². The van der Waals surface area contributed by atoms with Gasteiger partial charge in [0.05, 0.1) is 7.11 Å². The number of aldehydes is 1. The summed E-state index contributed by atoms with van der Waals surface area (Å²) >= 11 is 0. The first-order chi connectivity index (χ1) is 17.7. The Labute approximate surface area is 215 Å². The number of ether oxygens (including phenoxy) is 1. The van der Waals surface area contributed by atoms with Gasteiger partial charge in [-0.05, 0) is 39.5 Å². The molecule has 2 fully saturated rings. The Hall–Kier alpha value is -3.25. The molecule has 12 nitrogen and oxygen atoms in total. The number of nitrogens with one attached hydrogen (secondary N) is 1. The smallest absolute Gasteiger partial charge is 0.332 e. The van der Waals surface area contributed by atoms with E-state index in [9.17, 15) is 19.2 Å². The van der Waals surface area contributed by atoms with Crippen LogP contribution in [0.4, 0.5) is 5.95 Å². The zero-order valence-corrected chi connectivity index (χ0v) is 22.3. The third kappa shape index (κ3) is 5.12. The van der Waals surface area contributed by atoms with Crippen LogP contribution in [-0.2, 0) is 35.0 Å². The molecule has 0 amide bonds. The highest BCUT2D eigenvalue weighted by molar-refractivity contribution is 5.77. The highest BCUT2D eigenvalue weighted by Gasteiger charge is 2.37. The zero-order chi connectivity index (χ0) is 26.9. The van der Waals surface area contributed by atoms with Crippen molar-refractivity contribution in [2.45, 2.75) is 64.3 Å². The number of aryl methyl sites for hydroxylation is 1. The highest BCUT2D eigenvalue weighted by atomic mass is 16.5. The first kappa shape index (κ1) is 26.8. The Bertz CT molecular complexity index is 1320. The van der Waals surface area contributed by atoms with Gasteiger partial charge in [-0.15, -0.1) is 0 Å². The van der Waals surface area contributed by atoms with E-state index in [-0.39, 0.29) is 17.6 Å². The molecule has 0 saturated carbocycles. The number of aromatic nitrogens is 4. The maximum Gasteiger partial charge on any atom is 0.332 e. The molecule has 3 unspecified atom stereocenters. The quantitative estimate of drug-likeness (QED) is 0.297. The van der Waals surface area contributed by atoms with Crippen LogP contribution in [0.2, 0.25) is 0 Å². The summed E-state index contributed by atoms with van der Waals surface area (Å²) in [5.74, 6) is 0.296. The standard InChI is InChI=1S/C25H37N7O5/c1-16(2)10-13-32-20-21(28(3)25(36)29(4)22(20)34)27-24(32)30-11-6-8-17(14-30)26-19(15-33)31-12-7-9-18(31)23(35)37-5/h10,15,17-19,26H,6-9,11-14H2,1-5H3. The van der Waals surface area contributed by atoms with Gasteiger partial charge in [-0.25, -0.2) is 4.79 Å². The summed E-state index contributed by atoms with van der Waals surface area (Å²) in [6.07, 6.45) is 5.47. The Morgan fingerprint density at radius 1 is 1.16 bits per heavy atom. The molecule has 2 aromatic heterocycles. The van der Waals surface area contributed by atoms with E-state index in [1.165, 1.54) is 18.7 Å². The van der Waals surface area contributed by atoms with Gasteiger partial charge < -0.3 is 19.0 Å². The minimum Gasteiger partial charge on any atom is -0.468 e. The van der Waals surface area contributed by atoms with E-state index in [0.29, 0.717) is 43.2 Å². The van der Waals surface area contributed by atoms with Gasteiger partial charge in [0.15, 0.2) is 17.5 Å². The van der Waals surface area contributed by atoms with Crippen LogP contribution in [0.5, 0.6) is 0 Å². The molecule has 4 rings (SSSR count). The number of carbonyl (C=O) groups is 2. The number of allylic oxidation sites excluding steroid dienone is 2. The first-order valence-corrected chi connectivity index (χ1v) is 12.8. The largest absolute Gasteiger partial charge is 0.468 e. The van der Waals surface area contributed by atoms with Crippen molar-refractivity contribution in [2.75, 3.05) is 31.6 Å². The fraction of sp³-hybridized carbons (Fsp3) is 0.640. The average molecular weight is 516 g/mol. The molecule has 2 aliphatic rings. The summed E-state index contributed by atoms with van der Waals surface area (Å²) in [7, 11) is 4.46. The fourth-order valence-electron chi connectivity index (χ4n) is 5.38. The number of carbonyl (C=O) groups excluding carboxylic acids is 2. The molecule has 0 spiro atoms. The minimum atomic E-state index is -0.603. The summed E-state index contributed by atoms with van der Waals surface area (Å²) < 4.78 is 9.33. The van der Waals surface area contributed by atoms with Crippen molar-refractivity contribution >= 4 is 29.4 Å². The number of imidazole rings is 1. The number of methoxy groups -OCH3 is 1. The lowest BCUT2D eigenvalue weighted by molar-refractivity contribution is -0.147. The van der Waals surface area contributed by atoms with E-state index in [1.807, 2.05) is 29.4 Å². The van der Waals surface area contributed by atoms with E-state index in [0.717, 1.165) is 42.2 Å². The van der Waals surface area contributed by atoms with Crippen molar-refractivity contribution in [3.63, 3.8) is 0 Å². The van der Waals surface area contributed by atoms with Crippen molar-refractivity contribution in [1.29, 1.82) is 0 Å². The van der Waals surface area contributed by atoms with Crippen LogP contribution < -0.4 is 21.5 Å².